The van der Waals surface area contributed by atoms with Crippen LogP contribution < -0.4 is 0 Å². The van der Waals surface area contributed by atoms with E-state index in [1.54, 1.807) is 18.0 Å². The van der Waals surface area contributed by atoms with Crippen molar-refractivity contribution in [1.29, 1.82) is 0 Å². The molecule has 1 saturated carbocycles. The molecular formula is C31H48N2O7S. The third-order valence-corrected chi connectivity index (χ3v) is 9.59. The normalized spacial score (nSPS) is 31.6. The molecule has 0 aromatic carbocycles. The van der Waals surface area contributed by atoms with E-state index < -0.39 is 41.9 Å². The average molecular weight is 593 g/mol. The highest BCUT2D eigenvalue weighted by Crippen LogP contribution is 2.56. The van der Waals surface area contributed by atoms with Gasteiger partial charge in [-0.3, -0.25) is 9.98 Å². The number of allylic oxidation sites excluding steroid dienone is 1. The minimum absolute atomic E-state index is 0.0186. The van der Waals surface area contributed by atoms with E-state index in [9.17, 15) is 20.4 Å². The van der Waals surface area contributed by atoms with E-state index in [-0.39, 0.29) is 11.0 Å². The number of aliphatic hydroxyl groups excluding tert-OH is 3. The molecular weight excluding hydrogens is 544 g/mol. The zero-order chi connectivity index (χ0) is 29.7. The van der Waals surface area contributed by atoms with Gasteiger partial charge in [-0.2, -0.15) is 0 Å². The van der Waals surface area contributed by atoms with Gasteiger partial charge in [0.2, 0.25) is 0 Å². The quantitative estimate of drug-likeness (QED) is 0.212. The number of ether oxygens (including phenoxy) is 3. The number of hydrogen-bond acceptors (Lipinski definition) is 10. The number of aliphatic hydroxyl groups is 4. The Morgan fingerprint density at radius 1 is 1.15 bits per heavy atom. The monoisotopic (exact) mass is 592 g/mol. The molecule has 3 aliphatic rings. The van der Waals surface area contributed by atoms with Crippen LogP contribution in [-0.4, -0.2) is 86.2 Å². The number of aromatic nitrogens is 1. The predicted molar refractivity (Wildman–Crippen MR) is 159 cm³/mol. The van der Waals surface area contributed by atoms with Crippen LogP contribution in [0.1, 0.15) is 65.5 Å². The van der Waals surface area contributed by atoms with Crippen molar-refractivity contribution >= 4 is 18.0 Å². The van der Waals surface area contributed by atoms with E-state index in [4.69, 9.17) is 14.2 Å². The summed E-state index contributed by atoms with van der Waals surface area (Å²) in [6.45, 7) is 9.99. The molecule has 4 N–H and O–H groups in total. The molecule has 1 saturated heterocycles. The van der Waals surface area contributed by atoms with Crippen LogP contribution >= 0.6 is 11.8 Å². The Hall–Kier alpha value is -1.37. The summed E-state index contributed by atoms with van der Waals surface area (Å²) in [7, 11) is 0. The Kier molecular flexibility index (Phi) is 11.1. The van der Waals surface area contributed by atoms with Crippen LogP contribution in [0.2, 0.25) is 0 Å². The predicted octanol–water partition coefficient (Wildman–Crippen LogP) is 3.69. The molecule has 7 unspecified atom stereocenters. The Labute approximate surface area is 248 Å². The van der Waals surface area contributed by atoms with Gasteiger partial charge in [0.15, 0.2) is 5.79 Å². The molecule has 7 atom stereocenters. The first-order chi connectivity index (χ1) is 19.4. The van der Waals surface area contributed by atoms with Gasteiger partial charge in [0.25, 0.3) is 0 Å². The third kappa shape index (κ3) is 8.38. The topological polar surface area (TPSA) is 134 Å². The molecule has 2 aliphatic heterocycles. The lowest BCUT2D eigenvalue weighted by molar-refractivity contribution is -0.355. The van der Waals surface area contributed by atoms with E-state index in [1.807, 2.05) is 24.4 Å². The first kappa shape index (κ1) is 32.5. The SMILES string of the molecule is CC(C)(CCSC1OC2(O)C(CO)C(O)C(O)C12)CC(C)(C)OCCCC1C=C(COCc2ccccn2)N=CC1. The summed E-state index contributed by atoms with van der Waals surface area (Å²) in [5.74, 6) is -1.89. The second-order valence-corrected chi connectivity index (χ2v) is 14.2. The van der Waals surface area contributed by atoms with Crippen molar-refractivity contribution in [3.63, 3.8) is 0 Å². The number of rotatable bonds is 16. The second-order valence-electron chi connectivity index (χ2n) is 13.0. The molecule has 2 fully saturated rings. The Bertz CT molecular complexity index is 1040. The van der Waals surface area contributed by atoms with E-state index in [1.165, 1.54) is 0 Å². The van der Waals surface area contributed by atoms with Gasteiger partial charge >= 0.3 is 0 Å². The number of hydrogen-bond donors (Lipinski definition) is 4. The van der Waals surface area contributed by atoms with E-state index in [2.05, 4.69) is 43.7 Å². The smallest absolute Gasteiger partial charge is 0.183 e. The molecule has 9 nitrogen and oxygen atoms in total. The molecule has 0 radical (unpaired) electrons. The second kappa shape index (κ2) is 13.9. The molecule has 230 valence electrons. The molecule has 4 rings (SSSR count). The fourth-order valence-corrected chi connectivity index (χ4v) is 8.12. The molecule has 1 aromatic heterocycles. The van der Waals surface area contributed by atoms with Crippen LogP contribution in [0, 0.1) is 23.2 Å². The summed E-state index contributed by atoms with van der Waals surface area (Å²) < 4.78 is 17.8. The van der Waals surface area contributed by atoms with Gasteiger partial charge in [0.1, 0.15) is 5.44 Å². The third-order valence-electron chi connectivity index (χ3n) is 8.43. The number of aliphatic imine (C=N–C) groups is 1. The number of nitrogens with zero attached hydrogens (tertiary/aromatic N) is 2. The molecule has 1 aromatic rings. The fraction of sp³-hybridized carbons (Fsp3) is 0.742. The molecule has 10 heteroatoms. The van der Waals surface area contributed by atoms with E-state index in [0.29, 0.717) is 25.7 Å². The summed E-state index contributed by atoms with van der Waals surface area (Å²) >= 11 is 1.55. The van der Waals surface area contributed by atoms with Crippen LogP contribution in [0.4, 0.5) is 0 Å². The molecule has 0 spiro atoms. The first-order valence-corrected chi connectivity index (χ1v) is 15.8. The minimum atomic E-state index is -1.65. The van der Waals surface area contributed by atoms with Gasteiger partial charge in [-0.25, -0.2) is 0 Å². The van der Waals surface area contributed by atoms with Crippen LogP contribution in [0.3, 0.4) is 0 Å². The van der Waals surface area contributed by atoms with Gasteiger partial charge in [-0.05, 0) is 75.2 Å². The van der Waals surface area contributed by atoms with E-state index >= 15 is 0 Å². The number of pyridine rings is 1. The number of thioether (sulfide) groups is 1. The van der Waals surface area contributed by atoms with Crippen LogP contribution in [0.25, 0.3) is 0 Å². The lowest BCUT2D eigenvalue weighted by atomic mass is 9.79. The summed E-state index contributed by atoms with van der Waals surface area (Å²) in [4.78, 5) is 8.78. The summed E-state index contributed by atoms with van der Waals surface area (Å²) in [5.41, 5.74) is 1.24. The zero-order valence-electron chi connectivity index (χ0n) is 24.8. The van der Waals surface area contributed by atoms with Gasteiger partial charge in [0.05, 0.1) is 60.9 Å². The van der Waals surface area contributed by atoms with Crippen molar-refractivity contribution in [2.75, 3.05) is 25.6 Å². The minimum Gasteiger partial charge on any atom is -0.396 e. The standard InChI is InChI=1S/C31H48N2O7S/c1-29(2,11-15-41-28-25-27(36)26(35)24(17-34)31(25,37)40-28)20-30(3,4)39-14-7-8-21-10-13-33-23(16-21)19-38-18-22-9-5-6-12-32-22/h5-6,9,12-13,16,21,24-28,34-37H,7-8,10-11,14-15,17-20H2,1-4H3. The van der Waals surface area contributed by atoms with Crippen LogP contribution in [0.5, 0.6) is 0 Å². The molecule has 41 heavy (non-hydrogen) atoms. The lowest BCUT2D eigenvalue weighted by Gasteiger charge is -2.49. The molecule has 0 bridgehead atoms. The van der Waals surface area contributed by atoms with Crippen LogP contribution in [-0.2, 0) is 20.8 Å². The van der Waals surface area contributed by atoms with Gasteiger partial charge in [0, 0.05) is 19.0 Å². The fourth-order valence-electron chi connectivity index (χ4n) is 6.43. The molecule has 3 heterocycles. The average Bonchev–Trinajstić information content (AvgIpc) is 3.05. The highest BCUT2D eigenvalue weighted by Gasteiger charge is 2.70. The van der Waals surface area contributed by atoms with Crippen molar-refractivity contribution in [3.8, 4) is 0 Å². The Balaban J connectivity index is 1.12. The van der Waals surface area contributed by atoms with Gasteiger partial charge in [-0.1, -0.05) is 26.0 Å². The molecule has 1 aliphatic carbocycles. The highest BCUT2D eigenvalue weighted by atomic mass is 32.2. The maximum Gasteiger partial charge on any atom is 0.183 e. The maximum absolute atomic E-state index is 10.7. The zero-order valence-corrected chi connectivity index (χ0v) is 25.6. The number of fused-ring (bicyclic) bond motifs is 1. The summed E-state index contributed by atoms with van der Waals surface area (Å²) in [5, 5.41) is 40.7. The van der Waals surface area contributed by atoms with Gasteiger partial charge in [-0.15, -0.1) is 11.8 Å². The van der Waals surface area contributed by atoms with E-state index in [0.717, 1.165) is 49.2 Å². The first-order valence-electron chi connectivity index (χ1n) is 14.8. The summed E-state index contributed by atoms with van der Waals surface area (Å²) in [6, 6.07) is 5.81. The van der Waals surface area contributed by atoms with Crippen molar-refractivity contribution in [2.24, 2.45) is 28.2 Å². The maximum atomic E-state index is 10.7. The van der Waals surface area contributed by atoms with Gasteiger partial charge < -0.3 is 34.6 Å². The largest absolute Gasteiger partial charge is 0.396 e. The highest BCUT2D eigenvalue weighted by molar-refractivity contribution is 7.99. The Morgan fingerprint density at radius 2 is 1.95 bits per heavy atom. The Morgan fingerprint density at radius 3 is 2.68 bits per heavy atom. The molecule has 0 amide bonds. The lowest BCUT2D eigenvalue weighted by Crippen LogP contribution is -2.61. The van der Waals surface area contributed by atoms with Crippen molar-refractivity contribution in [1.82, 2.24) is 4.98 Å². The van der Waals surface area contributed by atoms with Crippen molar-refractivity contribution in [2.45, 2.75) is 95.4 Å². The van der Waals surface area contributed by atoms with Crippen molar-refractivity contribution < 1.29 is 34.6 Å². The van der Waals surface area contributed by atoms with Crippen LogP contribution in [0.15, 0.2) is 41.2 Å². The van der Waals surface area contributed by atoms with Crippen molar-refractivity contribution in [3.05, 3.63) is 41.9 Å². The summed E-state index contributed by atoms with van der Waals surface area (Å²) in [6.07, 6.45) is 8.47.